The van der Waals surface area contributed by atoms with Gasteiger partial charge in [0.15, 0.2) is 18.2 Å². The maximum absolute atomic E-state index is 12.4. The van der Waals surface area contributed by atoms with Gasteiger partial charge in [0.2, 0.25) is 0 Å². The number of aldehydes is 1. The van der Waals surface area contributed by atoms with E-state index >= 15 is 0 Å². The molecule has 0 aromatic carbocycles. The Morgan fingerprint density at radius 1 is 1.38 bits per heavy atom. The molecule has 1 aliphatic heterocycles. The number of aromatic nitrogens is 2. The summed E-state index contributed by atoms with van der Waals surface area (Å²) >= 11 is 0. The molecule has 0 saturated heterocycles. The van der Waals surface area contributed by atoms with Gasteiger partial charge in [0.05, 0.1) is 7.05 Å². The molecule has 1 unspecified atom stereocenters. The summed E-state index contributed by atoms with van der Waals surface area (Å²) in [6, 6.07) is 0. The van der Waals surface area contributed by atoms with E-state index in [4.69, 9.17) is 5.73 Å². The van der Waals surface area contributed by atoms with Crippen molar-refractivity contribution in [2.24, 2.45) is 22.7 Å². The van der Waals surface area contributed by atoms with E-state index in [1.54, 1.807) is 6.33 Å². The number of hydrogen-bond acceptors (Lipinski definition) is 5. The van der Waals surface area contributed by atoms with Crippen LogP contribution >= 0.6 is 0 Å². The first kappa shape index (κ1) is 23.0. The largest absolute Gasteiger partial charge is 0.382 e. The fourth-order valence-corrected chi connectivity index (χ4v) is 6.71. The van der Waals surface area contributed by atoms with Gasteiger partial charge in [-0.15, -0.1) is 0 Å². The Labute approximate surface area is 193 Å². The number of nitrogens with one attached hydrogen (secondary N) is 1. The van der Waals surface area contributed by atoms with Crippen LogP contribution in [0.1, 0.15) is 66.2 Å². The second-order valence-electron chi connectivity index (χ2n) is 10.8. The van der Waals surface area contributed by atoms with E-state index in [9.17, 15) is 4.79 Å². The monoisotopic (exact) mass is 438 g/mol. The van der Waals surface area contributed by atoms with Crippen LogP contribution < -0.4 is 15.5 Å². The number of nitrogen functional groups attached to an aromatic ring is 1. The van der Waals surface area contributed by atoms with Gasteiger partial charge in [0.25, 0.3) is 5.82 Å². The van der Waals surface area contributed by atoms with Crippen LogP contribution in [0.25, 0.3) is 0 Å². The zero-order chi connectivity index (χ0) is 23.1. The molecule has 2 heterocycles. The first-order valence-electron chi connectivity index (χ1n) is 12.2. The van der Waals surface area contributed by atoms with E-state index in [-0.39, 0.29) is 10.8 Å². The van der Waals surface area contributed by atoms with Gasteiger partial charge in [0.1, 0.15) is 12.6 Å². The highest BCUT2D eigenvalue weighted by Crippen LogP contribution is 2.61. The minimum atomic E-state index is -0.235. The number of carbonyl (C=O) groups is 1. The van der Waals surface area contributed by atoms with Gasteiger partial charge >= 0.3 is 0 Å². The second-order valence-corrected chi connectivity index (χ2v) is 10.8. The summed E-state index contributed by atoms with van der Waals surface area (Å²) in [7, 11) is 2.12. The van der Waals surface area contributed by atoms with Crippen molar-refractivity contribution in [3.63, 3.8) is 0 Å². The number of fused-ring (bicyclic) bond motifs is 2. The van der Waals surface area contributed by atoms with E-state index in [1.165, 1.54) is 22.3 Å². The van der Waals surface area contributed by atoms with Crippen LogP contribution in [0.3, 0.4) is 0 Å². The van der Waals surface area contributed by atoms with E-state index in [0.29, 0.717) is 17.7 Å². The zero-order valence-corrected chi connectivity index (χ0v) is 20.4. The molecule has 0 radical (unpaired) electrons. The Balaban J connectivity index is 1.47. The zero-order valence-electron chi connectivity index (χ0n) is 20.4. The molecular weight excluding hydrogens is 398 g/mol. The summed E-state index contributed by atoms with van der Waals surface area (Å²) in [6.45, 7) is 11.0. The molecule has 32 heavy (non-hydrogen) atoms. The predicted molar refractivity (Wildman–Crippen MR) is 130 cm³/mol. The third-order valence-corrected chi connectivity index (χ3v) is 9.10. The molecule has 0 spiro atoms. The number of allylic oxidation sites excluding steroid dienone is 3. The normalized spacial score (nSPS) is 34.7. The lowest BCUT2D eigenvalue weighted by Gasteiger charge is -2.57. The number of quaternary nitrogens is 1. The molecule has 174 valence electrons. The quantitative estimate of drug-likeness (QED) is 0.523. The third-order valence-electron chi connectivity index (χ3n) is 9.10. The third kappa shape index (κ3) is 3.66. The van der Waals surface area contributed by atoms with Crippen molar-refractivity contribution in [2.45, 2.75) is 66.2 Å². The number of nitrogens with zero attached hydrogens (tertiary/aromatic N) is 3. The van der Waals surface area contributed by atoms with Crippen LogP contribution in [-0.2, 0) is 4.79 Å². The van der Waals surface area contributed by atoms with Crippen LogP contribution in [0.15, 0.2) is 29.6 Å². The van der Waals surface area contributed by atoms with Crippen LogP contribution in [0.5, 0.6) is 0 Å². The number of nitrogens with two attached hydrogens (primary N) is 1. The first-order valence-corrected chi connectivity index (χ1v) is 12.2. The molecule has 0 amide bonds. The average molecular weight is 439 g/mol. The maximum atomic E-state index is 12.4. The standard InChI is InChI=1S/C26H39N5O/c1-18(11-14-31-17-30(5)24-22(31)23(27)28-16-29-24)9-12-25(4)19(2)10-13-26(15-32)20(3)7-6-8-21(25)26/h7,11,15-16,19,21H,6,8-10,12-14,17H2,1-5H3,(H2,27,28,29)/p+1/b18-11+/t19-,21-,25+,26-/m0/s1. The molecule has 6 nitrogen and oxygen atoms in total. The van der Waals surface area contributed by atoms with Crippen molar-refractivity contribution in [3.05, 3.63) is 29.6 Å². The molecule has 0 bridgehead atoms. The molecule has 2 aliphatic carbocycles. The number of anilines is 2. The fourth-order valence-electron chi connectivity index (χ4n) is 6.71. The summed E-state index contributed by atoms with van der Waals surface area (Å²) in [5, 5.41) is 0. The summed E-state index contributed by atoms with van der Waals surface area (Å²) < 4.78 is 0. The van der Waals surface area contributed by atoms with Gasteiger partial charge in [-0.3, -0.25) is 4.90 Å². The van der Waals surface area contributed by atoms with Gasteiger partial charge in [-0.25, -0.2) is 4.98 Å². The maximum Gasteiger partial charge on any atom is 0.256 e. The van der Waals surface area contributed by atoms with Crippen LogP contribution in [0.4, 0.5) is 17.3 Å². The topological polar surface area (TPSA) is 76.6 Å². The van der Waals surface area contributed by atoms with Gasteiger partial charge in [0, 0.05) is 12.0 Å². The SMILES string of the molecule is CC1=CCC[C@H]2[C@](C)(CC/C(C)=C/CN3C[NH+](C)c4ncnc(N)c43)[C@@H](C)CC[C@]12C=O. The molecule has 4 rings (SSSR count). The van der Waals surface area contributed by atoms with Gasteiger partial charge in [-0.2, -0.15) is 4.98 Å². The molecule has 1 aromatic rings. The Hall–Kier alpha value is -2.21. The van der Waals surface area contributed by atoms with Crippen molar-refractivity contribution < 1.29 is 9.69 Å². The minimum absolute atomic E-state index is 0.187. The molecule has 1 fully saturated rings. The lowest BCUT2D eigenvalue weighted by Crippen LogP contribution is -3.03. The smallest absolute Gasteiger partial charge is 0.256 e. The highest BCUT2D eigenvalue weighted by atomic mass is 16.1. The summed E-state index contributed by atoms with van der Waals surface area (Å²) in [4.78, 5) is 24.5. The fraction of sp³-hybridized carbons (Fsp3) is 0.654. The van der Waals surface area contributed by atoms with E-state index in [1.807, 2.05) is 0 Å². The van der Waals surface area contributed by atoms with Gasteiger partial charge in [-0.1, -0.05) is 37.1 Å². The van der Waals surface area contributed by atoms with Gasteiger partial charge in [-0.05, 0) is 69.6 Å². The lowest BCUT2D eigenvalue weighted by molar-refractivity contribution is -0.805. The predicted octanol–water partition coefficient (Wildman–Crippen LogP) is 3.69. The molecule has 3 aliphatic rings. The summed E-state index contributed by atoms with van der Waals surface area (Å²) in [6.07, 6.45) is 14.1. The van der Waals surface area contributed by atoms with Crippen LogP contribution in [0.2, 0.25) is 0 Å². The highest BCUT2D eigenvalue weighted by Gasteiger charge is 2.55. The first-order chi connectivity index (χ1) is 15.2. The second kappa shape index (κ2) is 8.62. The molecular formula is C26H40N5O+. The molecule has 5 atom stereocenters. The average Bonchev–Trinajstić information content (AvgIpc) is 3.11. The summed E-state index contributed by atoms with van der Waals surface area (Å²) in [5.41, 5.74) is 9.81. The number of carbonyl (C=O) groups excluding carboxylic acids is 1. The van der Waals surface area contributed by atoms with Gasteiger partial charge < -0.3 is 15.4 Å². The van der Waals surface area contributed by atoms with Crippen molar-refractivity contribution in [1.82, 2.24) is 9.97 Å². The Morgan fingerprint density at radius 3 is 2.91 bits per heavy atom. The Morgan fingerprint density at radius 2 is 2.16 bits per heavy atom. The van der Waals surface area contributed by atoms with E-state index in [0.717, 1.165) is 63.2 Å². The molecule has 6 heteroatoms. The van der Waals surface area contributed by atoms with Crippen molar-refractivity contribution in [1.29, 1.82) is 0 Å². The Kier molecular flexibility index (Phi) is 6.19. The van der Waals surface area contributed by atoms with Crippen molar-refractivity contribution in [3.8, 4) is 0 Å². The molecule has 3 N–H and O–H groups in total. The number of rotatable bonds is 6. The lowest BCUT2D eigenvalue weighted by atomic mass is 9.46. The Bertz CT molecular complexity index is 940. The van der Waals surface area contributed by atoms with Crippen LogP contribution in [0, 0.1) is 22.7 Å². The highest BCUT2D eigenvalue weighted by molar-refractivity contribution is 5.73. The van der Waals surface area contributed by atoms with Crippen molar-refractivity contribution >= 4 is 23.6 Å². The van der Waals surface area contributed by atoms with E-state index < -0.39 is 0 Å². The number of hydrogen-bond donors (Lipinski definition) is 2. The molecule has 1 aromatic heterocycles. The summed E-state index contributed by atoms with van der Waals surface area (Å²) in [5.74, 6) is 2.64. The molecule has 1 saturated carbocycles. The van der Waals surface area contributed by atoms with Crippen molar-refractivity contribution in [2.75, 3.05) is 30.9 Å². The minimum Gasteiger partial charge on any atom is -0.382 e. The van der Waals surface area contributed by atoms with Crippen LogP contribution in [-0.4, -0.2) is 36.5 Å². The van der Waals surface area contributed by atoms with E-state index in [2.05, 4.69) is 61.8 Å².